The summed E-state index contributed by atoms with van der Waals surface area (Å²) in [5.41, 5.74) is 2.96. The Labute approximate surface area is 38.9 Å². The lowest BCUT2D eigenvalue weighted by Gasteiger charge is -1.72. The summed E-state index contributed by atoms with van der Waals surface area (Å²) in [7, 11) is 0. The first-order valence-electron chi connectivity index (χ1n) is 2.24. The van der Waals surface area contributed by atoms with E-state index in [4.69, 9.17) is 0 Å². The second-order valence-corrected chi connectivity index (χ2v) is 1.92. The van der Waals surface area contributed by atoms with Crippen molar-refractivity contribution in [2.45, 2.75) is 13.8 Å². The van der Waals surface area contributed by atoms with Crippen molar-refractivity contribution < 1.29 is 0 Å². The molecule has 0 aromatic heterocycles. The van der Waals surface area contributed by atoms with Gasteiger partial charge in [0, 0.05) is 5.92 Å². The summed E-state index contributed by atoms with van der Waals surface area (Å²) in [6, 6.07) is 0. The van der Waals surface area contributed by atoms with Gasteiger partial charge in [0.05, 0.1) is 0 Å². The van der Waals surface area contributed by atoms with Crippen LogP contribution in [0.3, 0.4) is 0 Å². The van der Waals surface area contributed by atoms with Crippen molar-refractivity contribution in [1.82, 2.24) is 0 Å². The second-order valence-electron chi connectivity index (χ2n) is 1.92. The van der Waals surface area contributed by atoms with E-state index in [1.54, 1.807) is 0 Å². The molecule has 0 heterocycles. The van der Waals surface area contributed by atoms with Crippen LogP contribution in [0.2, 0.25) is 0 Å². The maximum Gasteiger partial charge on any atom is 0.000731 e. The van der Waals surface area contributed by atoms with Crippen LogP contribution in [-0.2, 0) is 0 Å². The molecule has 0 saturated carbocycles. The highest BCUT2D eigenvalue weighted by molar-refractivity contribution is 5.38. The Morgan fingerprint density at radius 1 is 1.33 bits per heavy atom. The number of hydrogen-bond acceptors (Lipinski definition) is 0. The molecule has 0 bridgehead atoms. The van der Waals surface area contributed by atoms with Gasteiger partial charge in [-0.05, 0) is 20.8 Å². The van der Waals surface area contributed by atoms with Gasteiger partial charge in [0.25, 0.3) is 0 Å². The lowest BCUT2D eigenvalue weighted by atomic mass is 10.3. The van der Waals surface area contributed by atoms with Crippen molar-refractivity contribution in [2.24, 2.45) is 5.92 Å². The minimum absolute atomic E-state index is 0.602. The van der Waals surface area contributed by atoms with E-state index in [-0.39, 0.29) is 0 Å². The van der Waals surface area contributed by atoms with Crippen LogP contribution in [-0.4, -0.2) is 0 Å². The first kappa shape index (κ1) is 3.91. The van der Waals surface area contributed by atoms with E-state index in [1.165, 1.54) is 11.1 Å². The van der Waals surface area contributed by atoms with Crippen molar-refractivity contribution >= 4 is 0 Å². The third-order valence-corrected chi connectivity index (χ3v) is 1.58. The van der Waals surface area contributed by atoms with Gasteiger partial charge >= 0.3 is 0 Å². The monoisotopic (exact) mass is 81.1 g/mol. The van der Waals surface area contributed by atoms with Gasteiger partial charge in [-0.2, -0.15) is 0 Å². The van der Waals surface area contributed by atoms with Gasteiger partial charge in [-0.1, -0.05) is 11.1 Å². The SMILES string of the molecule is [CH2]C1C(C)=C1C. The maximum absolute atomic E-state index is 3.84. The van der Waals surface area contributed by atoms with Crippen LogP contribution in [0, 0.1) is 12.8 Å². The highest BCUT2D eigenvalue weighted by Gasteiger charge is 2.22. The van der Waals surface area contributed by atoms with Gasteiger partial charge in [0.15, 0.2) is 0 Å². The topological polar surface area (TPSA) is 0 Å². The molecule has 0 spiro atoms. The van der Waals surface area contributed by atoms with Crippen LogP contribution >= 0.6 is 0 Å². The molecule has 1 rings (SSSR count). The lowest BCUT2D eigenvalue weighted by molar-refractivity contribution is 1.12. The molecule has 0 unspecified atom stereocenters. The van der Waals surface area contributed by atoms with Gasteiger partial charge in [-0.15, -0.1) is 0 Å². The fourth-order valence-electron chi connectivity index (χ4n) is 0.552. The molecule has 1 aliphatic rings. The molecule has 0 heteroatoms. The van der Waals surface area contributed by atoms with Gasteiger partial charge in [-0.3, -0.25) is 0 Å². The fourth-order valence-corrected chi connectivity index (χ4v) is 0.552. The minimum atomic E-state index is 0.602. The fraction of sp³-hybridized carbons (Fsp3) is 0.500. The van der Waals surface area contributed by atoms with Crippen LogP contribution in [0.5, 0.6) is 0 Å². The molecule has 1 radical (unpaired) electrons. The van der Waals surface area contributed by atoms with E-state index in [9.17, 15) is 0 Å². The molecule has 0 amide bonds. The third kappa shape index (κ3) is 0.296. The second kappa shape index (κ2) is 0.868. The van der Waals surface area contributed by atoms with Gasteiger partial charge < -0.3 is 0 Å². The summed E-state index contributed by atoms with van der Waals surface area (Å²) in [5, 5.41) is 0. The molecular formula is C6H9. The quantitative estimate of drug-likeness (QED) is 0.390. The summed E-state index contributed by atoms with van der Waals surface area (Å²) >= 11 is 0. The largest absolute Gasteiger partial charge is 0.0666 e. The Morgan fingerprint density at radius 3 is 1.50 bits per heavy atom. The average Bonchev–Trinajstić information content (AvgIpc) is 1.94. The van der Waals surface area contributed by atoms with Crippen molar-refractivity contribution in [3.63, 3.8) is 0 Å². The molecule has 0 aromatic rings. The smallest absolute Gasteiger partial charge is 0.000731 e. The molecule has 0 nitrogen and oxygen atoms in total. The van der Waals surface area contributed by atoms with Gasteiger partial charge in [0.2, 0.25) is 0 Å². The predicted molar refractivity (Wildman–Crippen MR) is 27.2 cm³/mol. The summed E-state index contributed by atoms with van der Waals surface area (Å²) in [6.45, 7) is 8.10. The molecule has 0 aromatic carbocycles. The first-order chi connectivity index (χ1) is 2.73. The van der Waals surface area contributed by atoms with E-state index >= 15 is 0 Å². The van der Waals surface area contributed by atoms with Crippen LogP contribution in [0.1, 0.15) is 13.8 Å². The van der Waals surface area contributed by atoms with E-state index in [2.05, 4.69) is 20.8 Å². The molecule has 0 saturated heterocycles. The highest BCUT2D eigenvalue weighted by Crippen LogP contribution is 2.36. The molecule has 0 aliphatic heterocycles. The summed E-state index contributed by atoms with van der Waals surface area (Å²) < 4.78 is 0. The zero-order valence-electron chi connectivity index (χ0n) is 4.28. The van der Waals surface area contributed by atoms with Crippen LogP contribution in [0.15, 0.2) is 11.1 Å². The molecular weight excluding hydrogens is 72.1 g/mol. The standard InChI is InChI=1S/C6H9/c1-4-5(2)6(4)3/h4H,1H2,2-3H3. The van der Waals surface area contributed by atoms with Crippen molar-refractivity contribution in [1.29, 1.82) is 0 Å². The normalized spacial score (nSPS) is 22.5. The molecule has 0 N–H and O–H groups in total. The van der Waals surface area contributed by atoms with E-state index < -0.39 is 0 Å². The lowest BCUT2D eigenvalue weighted by Crippen LogP contribution is -1.63. The Hall–Kier alpha value is -0.260. The molecule has 1 aliphatic carbocycles. The summed E-state index contributed by atoms with van der Waals surface area (Å²) in [4.78, 5) is 0. The van der Waals surface area contributed by atoms with E-state index in [1.807, 2.05) is 0 Å². The number of rotatable bonds is 0. The predicted octanol–water partition coefficient (Wildman–Crippen LogP) is 1.79. The van der Waals surface area contributed by atoms with Crippen LogP contribution in [0.4, 0.5) is 0 Å². The van der Waals surface area contributed by atoms with Crippen molar-refractivity contribution in [3.8, 4) is 0 Å². The molecule has 33 valence electrons. The molecule has 0 fully saturated rings. The maximum atomic E-state index is 3.84. The summed E-state index contributed by atoms with van der Waals surface area (Å²) in [6.07, 6.45) is 0. The number of hydrogen-bond donors (Lipinski definition) is 0. The average molecular weight is 81.1 g/mol. The minimum Gasteiger partial charge on any atom is -0.0666 e. The summed E-state index contributed by atoms with van der Waals surface area (Å²) in [5.74, 6) is 0.602. The Kier molecular flexibility index (Phi) is 0.566. The van der Waals surface area contributed by atoms with E-state index in [0.29, 0.717) is 5.92 Å². The Morgan fingerprint density at radius 2 is 1.50 bits per heavy atom. The Balaban J connectivity index is 2.54. The third-order valence-electron chi connectivity index (χ3n) is 1.58. The Bertz CT molecular complexity index is 86.6. The van der Waals surface area contributed by atoms with Crippen LogP contribution < -0.4 is 0 Å². The highest BCUT2D eigenvalue weighted by atomic mass is 14.3. The zero-order chi connectivity index (χ0) is 4.73. The molecule has 0 atom stereocenters. The zero-order valence-corrected chi connectivity index (χ0v) is 4.28. The van der Waals surface area contributed by atoms with E-state index in [0.717, 1.165) is 0 Å². The number of allylic oxidation sites excluding steroid dienone is 2. The van der Waals surface area contributed by atoms with Crippen molar-refractivity contribution in [3.05, 3.63) is 18.1 Å². The van der Waals surface area contributed by atoms with Crippen molar-refractivity contribution in [2.75, 3.05) is 0 Å². The molecule has 6 heavy (non-hydrogen) atoms. The first-order valence-corrected chi connectivity index (χ1v) is 2.24. The van der Waals surface area contributed by atoms with Crippen LogP contribution in [0.25, 0.3) is 0 Å². The van der Waals surface area contributed by atoms with Gasteiger partial charge in [0.1, 0.15) is 0 Å². The van der Waals surface area contributed by atoms with Gasteiger partial charge in [-0.25, -0.2) is 0 Å².